The van der Waals surface area contributed by atoms with E-state index in [4.69, 9.17) is 4.52 Å². The fraction of sp³-hybridized carbons (Fsp3) is 0.500. The van der Waals surface area contributed by atoms with Crippen molar-refractivity contribution in [1.29, 1.82) is 0 Å². The van der Waals surface area contributed by atoms with Crippen molar-refractivity contribution in [3.63, 3.8) is 0 Å². The van der Waals surface area contributed by atoms with Crippen LogP contribution in [-0.4, -0.2) is 10.1 Å². The largest absolute Gasteiger partial charge is 0.335 e. The Balaban J connectivity index is 2.79. The molecule has 0 aliphatic heterocycles. The lowest BCUT2D eigenvalue weighted by Gasteiger charge is -1.98. The molecule has 0 spiro atoms. The molecule has 1 atom stereocenters. The van der Waals surface area contributed by atoms with Crippen LogP contribution in [0.25, 0.3) is 6.08 Å². The van der Waals surface area contributed by atoms with Gasteiger partial charge in [-0.05, 0) is 12.5 Å². The van der Waals surface area contributed by atoms with Crippen molar-refractivity contribution in [2.75, 3.05) is 0 Å². The summed E-state index contributed by atoms with van der Waals surface area (Å²) < 4.78 is 4.86. The molecule has 3 nitrogen and oxygen atoms in total. The summed E-state index contributed by atoms with van der Waals surface area (Å²) in [4.78, 5) is 4.10. The maximum Gasteiger partial charge on any atom is 0.250 e. The van der Waals surface area contributed by atoms with Crippen LogP contribution >= 0.6 is 0 Å². The van der Waals surface area contributed by atoms with E-state index in [1.54, 1.807) is 6.08 Å². The Kier molecular flexibility index (Phi) is 2.41. The SMILES string of the molecule is C=Cc1nc(C(C)CC)no1. The summed E-state index contributed by atoms with van der Waals surface area (Å²) in [5, 5.41) is 3.80. The van der Waals surface area contributed by atoms with E-state index in [-0.39, 0.29) is 0 Å². The van der Waals surface area contributed by atoms with Gasteiger partial charge < -0.3 is 4.52 Å². The first-order valence-electron chi connectivity index (χ1n) is 3.74. The average molecular weight is 152 g/mol. The summed E-state index contributed by atoms with van der Waals surface area (Å²) in [6.45, 7) is 7.69. The Labute approximate surface area is 66.1 Å². The van der Waals surface area contributed by atoms with Gasteiger partial charge in [-0.1, -0.05) is 25.6 Å². The first kappa shape index (κ1) is 7.98. The van der Waals surface area contributed by atoms with Gasteiger partial charge in [-0.2, -0.15) is 4.98 Å². The molecule has 0 saturated carbocycles. The summed E-state index contributed by atoms with van der Waals surface area (Å²) in [6.07, 6.45) is 2.58. The molecule has 0 amide bonds. The van der Waals surface area contributed by atoms with Crippen LogP contribution in [0.2, 0.25) is 0 Å². The van der Waals surface area contributed by atoms with Gasteiger partial charge in [0.1, 0.15) is 0 Å². The third kappa shape index (κ3) is 1.67. The minimum absolute atomic E-state index is 0.368. The van der Waals surface area contributed by atoms with Crippen LogP contribution in [0.15, 0.2) is 11.1 Å². The predicted molar refractivity (Wildman–Crippen MR) is 43.1 cm³/mol. The standard InChI is InChI=1S/C8H12N2O/c1-4-6(3)8-9-7(5-2)11-10-8/h5-6H,2,4H2,1,3H3. The first-order chi connectivity index (χ1) is 5.27. The van der Waals surface area contributed by atoms with E-state index in [1.165, 1.54) is 0 Å². The molecule has 3 heteroatoms. The first-order valence-corrected chi connectivity index (χ1v) is 3.74. The Morgan fingerprint density at radius 3 is 2.91 bits per heavy atom. The zero-order chi connectivity index (χ0) is 8.27. The minimum Gasteiger partial charge on any atom is -0.335 e. The van der Waals surface area contributed by atoms with E-state index in [1.807, 2.05) is 0 Å². The van der Waals surface area contributed by atoms with Crippen molar-refractivity contribution < 1.29 is 4.52 Å². The number of hydrogen-bond acceptors (Lipinski definition) is 3. The highest BCUT2D eigenvalue weighted by molar-refractivity contribution is 5.32. The fourth-order valence-corrected chi connectivity index (χ4v) is 0.713. The van der Waals surface area contributed by atoms with Crippen molar-refractivity contribution in [3.05, 3.63) is 18.3 Å². The highest BCUT2D eigenvalue weighted by Crippen LogP contribution is 2.14. The van der Waals surface area contributed by atoms with Gasteiger partial charge in [0.25, 0.3) is 0 Å². The predicted octanol–water partition coefficient (Wildman–Crippen LogP) is 2.23. The third-order valence-corrected chi connectivity index (χ3v) is 1.69. The lowest BCUT2D eigenvalue weighted by Crippen LogP contribution is -1.93. The minimum atomic E-state index is 0.368. The van der Waals surface area contributed by atoms with Gasteiger partial charge in [-0.25, -0.2) is 0 Å². The van der Waals surface area contributed by atoms with Crippen molar-refractivity contribution in [3.8, 4) is 0 Å². The van der Waals surface area contributed by atoms with Gasteiger partial charge in [-0.15, -0.1) is 0 Å². The van der Waals surface area contributed by atoms with Crippen molar-refractivity contribution >= 4 is 6.08 Å². The zero-order valence-electron chi connectivity index (χ0n) is 6.87. The van der Waals surface area contributed by atoms with Gasteiger partial charge >= 0.3 is 0 Å². The fourth-order valence-electron chi connectivity index (χ4n) is 0.713. The van der Waals surface area contributed by atoms with Crippen LogP contribution in [0.5, 0.6) is 0 Å². The summed E-state index contributed by atoms with van der Waals surface area (Å²) in [5.41, 5.74) is 0. The summed E-state index contributed by atoms with van der Waals surface area (Å²) in [6, 6.07) is 0. The Bertz CT molecular complexity index is 242. The molecule has 0 aliphatic carbocycles. The van der Waals surface area contributed by atoms with E-state index in [2.05, 4.69) is 30.6 Å². The highest BCUT2D eigenvalue weighted by atomic mass is 16.5. The van der Waals surface area contributed by atoms with Gasteiger partial charge in [0, 0.05) is 5.92 Å². The van der Waals surface area contributed by atoms with Gasteiger partial charge in [-0.3, -0.25) is 0 Å². The van der Waals surface area contributed by atoms with Gasteiger partial charge in [0.2, 0.25) is 5.89 Å². The maximum atomic E-state index is 4.86. The summed E-state index contributed by atoms with van der Waals surface area (Å²) >= 11 is 0. The van der Waals surface area contributed by atoms with E-state index in [0.717, 1.165) is 12.2 Å². The Hall–Kier alpha value is -1.12. The molecule has 0 aromatic carbocycles. The second-order valence-corrected chi connectivity index (χ2v) is 2.50. The monoisotopic (exact) mass is 152 g/mol. The molecule has 0 aliphatic rings. The normalized spacial score (nSPS) is 12.9. The van der Waals surface area contributed by atoms with E-state index in [0.29, 0.717) is 11.8 Å². The Morgan fingerprint density at radius 2 is 2.45 bits per heavy atom. The quantitative estimate of drug-likeness (QED) is 0.666. The van der Waals surface area contributed by atoms with E-state index in [9.17, 15) is 0 Å². The summed E-state index contributed by atoms with van der Waals surface area (Å²) in [7, 11) is 0. The van der Waals surface area contributed by atoms with E-state index < -0.39 is 0 Å². The second-order valence-electron chi connectivity index (χ2n) is 2.50. The third-order valence-electron chi connectivity index (χ3n) is 1.69. The van der Waals surface area contributed by atoms with Crippen LogP contribution in [0.1, 0.15) is 37.9 Å². The van der Waals surface area contributed by atoms with Gasteiger partial charge in [0.15, 0.2) is 5.82 Å². The zero-order valence-corrected chi connectivity index (χ0v) is 6.87. The lowest BCUT2D eigenvalue weighted by atomic mass is 10.1. The molecule has 0 N–H and O–H groups in total. The molecule has 0 fully saturated rings. The molecule has 0 radical (unpaired) electrons. The average Bonchev–Trinajstić information content (AvgIpc) is 2.50. The molecule has 60 valence electrons. The molecular formula is C8H12N2O. The molecule has 1 heterocycles. The molecule has 1 aromatic heterocycles. The van der Waals surface area contributed by atoms with Crippen molar-refractivity contribution in [2.24, 2.45) is 0 Å². The number of rotatable bonds is 3. The van der Waals surface area contributed by atoms with Crippen LogP contribution < -0.4 is 0 Å². The molecule has 11 heavy (non-hydrogen) atoms. The van der Waals surface area contributed by atoms with Crippen LogP contribution in [-0.2, 0) is 0 Å². The molecular weight excluding hydrogens is 140 g/mol. The smallest absolute Gasteiger partial charge is 0.250 e. The topological polar surface area (TPSA) is 38.9 Å². The van der Waals surface area contributed by atoms with Crippen LogP contribution in [0.4, 0.5) is 0 Å². The highest BCUT2D eigenvalue weighted by Gasteiger charge is 2.09. The van der Waals surface area contributed by atoms with Gasteiger partial charge in [0.05, 0.1) is 0 Å². The number of hydrogen-bond donors (Lipinski definition) is 0. The Morgan fingerprint density at radius 1 is 1.73 bits per heavy atom. The molecule has 0 bridgehead atoms. The maximum absolute atomic E-state index is 4.86. The molecule has 1 rings (SSSR count). The molecule has 1 unspecified atom stereocenters. The molecule has 0 saturated heterocycles. The number of aromatic nitrogens is 2. The second kappa shape index (κ2) is 3.32. The van der Waals surface area contributed by atoms with E-state index >= 15 is 0 Å². The molecule has 1 aromatic rings. The van der Waals surface area contributed by atoms with Crippen LogP contribution in [0.3, 0.4) is 0 Å². The van der Waals surface area contributed by atoms with Crippen LogP contribution in [0, 0.1) is 0 Å². The lowest BCUT2D eigenvalue weighted by molar-refractivity contribution is 0.398. The summed E-state index contributed by atoms with van der Waals surface area (Å²) in [5.74, 6) is 1.63. The van der Waals surface area contributed by atoms with Crippen molar-refractivity contribution in [1.82, 2.24) is 10.1 Å². The van der Waals surface area contributed by atoms with Crippen molar-refractivity contribution in [2.45, 2.75) is 26.2 Å². The number of nitrogens with zero attached hydrogens (tertiary/aromatic N) is 2.